The summed E-state index contributed by atoms with van der Waals surface area (Å²) in [5.41, 5.74) is 0.681. The number of aliphatic hydroxyl groups is 3. The topological polar surface area (TPSA) is 60.7 Å². The van der Waals surface area contributed by atoms with Crippen molar-refractivity contribution in [3.63, 3.8) is 0 Å². The van der Waals surface area contributed by atoms with Gasteiger partial charge in [-0.2, -0.15) is 0 Å². The van der Waals surface area contributed by atoms with E-state index < -0.39 is 0 Å². The lowest BCUT2D eigenvalue weighted by Crippen LogP contribution is -1.95. The van der Waals surface area contributed by atoms with Crippen LogP contribution in [0.4, 0.5) is 0 Å². The minimum Gasteiger partial charge on any atom is -0.396 e. The smallest absolute Gasteiger partial charge is 0.0643 e. The number of hydrogen-bond donors (Lipinski definition) is 3. The van der Waals surface area contributed by atoms with Crippen LogP contribution in [-0.2, 0) is 0 Å². The van der Waals surface area contributed by atoms with E-state index in [-0.39, 0.29) is 19.8 Å². The third kappa shape index (κ3) is 4.14. The predicted octanol–water partition coefficient (Wildman–Crippen LogP) is -0.720. The summed E-state index contributed by atoms with van der Waals surface area (Å²) in [5, 5.41) is 25.2. The van der Waals surface area contributed by atoms with Crippen molar-refractivity contribution in [3.8, 4) is 0 Å². The second-order valence-electron chi connectivity index (χ2n) is 1.68. The monoisotopic (exact) mass is 132 g/mol. The Labute approximate surface area is 54.3 Å². The van der Waals surface area contributed by atoms with E-state index in [1.807, 2.05) is 0 Å². The van der Waals surface area contributed by atoms with Crippen LogP contribution in [0.5, 0.6) is 0 Å². The average Bonchev–Trinajstić information content (AvgIpc) is 1.88. The summed E-state index contributed by atoms with van der Waals surface area (Å²) in [6.07, 6.45) is 1.94. The van der Waals surface area contributed by atoms with Gasteiger partial charge in [0.25, 0.3) is 0 Å². The molecule has 9 heavy (non-hydrogen) atoms. The van der Waals surface area contributed by atoms with Crippen molar-refractivity contribution in [2.75, 3.05) is 19.8 Å². The molecule has 0 aliphatic heterocycles. The SMILES string of the molecule is OCC=C(CO)CCO. The fourth-order valence-electron chi connectivity index (χ4n) is 0.518. The molecule has 0 fully saturated rings. The standard InChI is InChI=1S/C6H12O3/c7-3-1-6(5-9)2-4-8/h1,7-9H,2-5H2. The lowest BCUT2D eigenvalue weighted by Gasteiger charge is -1.97. The minimum absolute atomic E-state index is 0.0202. The molecule has 0 spiro atoms. The van der Waals surface area contributed by atoms with Crippen molar-refractivity contribution in [3.05, 3.63) is 11.6 Å². The molecule has 3 heteroatoms. The molecule has 0 bridgehead atoms. The summed E-state index contributed by atoms with van der Waals surface area (Å²) in [6.45, 7) is -0.136. The Morgan fingerprint density at radius 2 is 1.89 bits per heavy atom. The van der Waals surface area contributed by atoms with Gasteiger partial charge in [0.2, 0.25) is 0 Å². The second-order valence-corrected chi connectivity index (χ2v) is 1.68. The summed E-state index contributed by atoms with van der Waals surface area (Å²) in [5.74, 6) is 0. The molecule has 0 unspecified atom stereocenters. The largest absolute Gasteiger partial charge is 0.396 e. The summed E-state index contributed by atoms with van der Waals surface area (Å²) in [7, 11) is 0. The first-order chi connectivity index (χ1) is 4.35. The van der Waals surface area contributed by atoms with Crippen LogP contribution in [0.3, 0.4) is 0 Å². The van der Waals surface area contributed by atoms with Gasteiger partial charge >= 0.3 is 0 Å². The molecule has 54 valence electrons. The fourth-order valence-corrected chi connectivity index (χ4v) is 0.518. The molecule has 0 atom stereocenters. The van der Waals surface area contributed by atoms with Crippen molar-refractivity contribution in [1.29, 1.82) is 0 Å². The van der Waals surface area contributed by atoms with Crippen LogP contribution >= 0.6 is 0 Å². The highest BCUT2D eigenvalue weighted by Gasteiger charge is 1.91. The Morgan fingerprint density at radius 1 is 1.22 bits per heavy atom. The highest BCUT2D eigenvalue weighted by Crippen LogP contribution is 1.96. The maximum atomic E-state index is 8.50. The van der Waals surface area contributed by atoms with E-state index in [1.54, 1.807) is 0 Å². The van der Waals surface area contributed by atoms with E-state index in [1.165, 1.54) is 6.08 Å². The normalized spacial score (nSPS) is 12.1. The van der Waals surface area contributed by atoms with E-state index in [9.17, 15) is 0 Å². The van der Waals surface area contributed by atoms with Gasteiger partial charge in [0.15, 0.2) is 0 Å². The van der Waals surface area contributed by atoms with E-state index in [4.69, 9.17) is 15.3 Å². The first-order valence-corrected chi connectivity index (χ1v) is 2.85. The fraction of sp³-hybridized carbons (Fsp3) is 0.667. The van der Waals surface area contributed by atoms with E-state index in [0.29, 0.717) is 12.0 Å². The Balaban J connectivity index is 3.53. The Bertz CT molecular complexity index is 88.3. The maximum Gasteiger partial charge on any atom is 0.0643 e. The molecule has 0 rings (SSSR count). The van der Waals surface area contributed by atoms with Crippen LogP contribution in [0, 0.1) is 0 Å². The maximum absolute atomic E-state index is 8.50. The van der Waals surface area contributed by atoms with Crippen molar-refractivity contribution < 1.29 is 15.3 Å². The predicted molar refractivity (Wildman–Crippen MR) is 34.0 cm³/mol. The molecule has 0 saturated carbocycles. The zero-order valence-electron chi connectivity index (χ0n) is 5.25. The lowest BCUT2D eigenvalue weighted by molar-refractivity contribution is 0.275. The highest BCUT2D eigenvalue weighted by atomic mass is 16.3. The van der Waals surface area contributed by atoms with Gasteiger partial charge in [-0.1, -0.05) is 6.08 Å². The van der Waals surface area contributed by atoms with E-state index >= 15 is 0 Å². The van der Waals surface area contributed by atoms with Gasteiger partial charge in [-0.3, -0.25) is 0 Å². The van der Waals surface area contributed by atoms with Gasteiger partial charge in [0, 0.05) is 6.61 Å². The first-order valence-electron chi connectivity index (χ1n) is 2.85. The number of aliphatic hydroxyl groups excluding tert-OH is 3. The van der Waals surface area contributed by atoms with Crippen molar-refractivity contribution in [2.45, 2.75) is 6.42 Å². The van der Waals surface area contributed by atoms with Gasteiger partial charge in [0.1, 0.15) is 0 Å². The van der Waals surface area contributed by atoms with E-state index in [0.717, 1.165) is 0 Å². The van der Waals surface area contributed by atoms with Crippen molar-refractivity contribution in [1.82, 2.24) is 0 Å². The van der Waals surface area contributed by atoms with Gasteiger partial charge in [0.05, 0.1) is 13.2 Å². The third-order valence-electron chi connectivity index (χ3n) is 1.02. The average molecular weight is 132 g/mol. The Kier molecular flexibility index (Phi) is 5.51. The molecule has 0 aromatic heterocycles. The number of hydrogen-bond acceptors (Lipinski definition) is 3. The zero-order valence-corrected chi connectivity index (χ0v) is 5.25. The van der Waals surface area contributed by atoms with Crippen molar-refractivity contribution in [2.24, 2.45) is 0 Å². The summed E-state index contributed by atoms with van der Waals surface area (Å²) in [4.78, 5) is 0. The Morgan fingerprint density at radius 3 is 2.22 bits per heavy atom. The summed E-state index contributed by atoms with van der Waals surface area (Å²) >= 11 is 0. The molecule has 0 amide bonds. The molecule has 0 radical (unpaired) electrons. The first kappa shape index (κ1) is 8.62. The lowest BCUT2D eigenvalue weighted by atomic mass is 10.2. The molecule has 0 aliphatic rings. The van der Waals surface area contributed by atoms with E-state index in [2.05, 4.69) is 0 Å². The quantitative estimate of drug-likeness (QED) is 0.442. The van der Waals surface area contributed by atoms with Gasteiger partial charge in [-0.15, -0.1) is 0 Å². The van der Waals surface area contributed by atoms with Crippen LogP contribution in [0.2, 0.25) is 0 Å². The molecule has 3 nitrogen and oxygen atoms in total. The summed E-state index contributed by atoms with van der Waals surface area (Å²) < 4.78 is 0. The van der Waals surface area contributed by atoms with Crippen LogP contribution in [0.15, 0.2) is 11.6 Å². The molecule has 0 saturated heterocycles. The minimum atomic E-state index is -0.0822. The van der Waals surface area contributed by atoms with Gasteiger partial charge in [-0.25, -0.2) is 0 Å². The van der Waals surface area contributed by atoms with Crippen LogP contribution in [-0.4, -0.2) is 35.1 Å². The number of rotatable bonds is 4. The van der Waals surface area contributed by atoms with Gasteiger partial charge < -0.3 is 15.3 Å². The van der Waals surface area contributed by atoms with Crippen molar-refractivity contribution >= 4 is 0 Å². The third-order valence-corrected chi connectivity index (χ3v) is 1.02. The Hall–Kier alpha value is -0.380. The highest BCUT2D eigenvalue weighted by molar-refractivity contribution is 5.01. The molecule has 0 aromatic carbocycles. The van der Waals surface area contributed by atoms with Crippen LogP contribution < -0.4 is 0 Å². The molecular weight excluding hydrogens is 120 g/mol. The molecule has 3 N–H and O–H groups in total. The zero-order chi connectivity index (χ0) is 7.11. The van der Waals surface area contributed by atoms with Gasteiger partial charge in [-0.05, 0) is 12.0 Å². The van der Waals surface area contributed by atoms with Crippen LogP contribution in [0.25, 0.3) is 0 Å². The molecule has 0 aromatic rings. The molecular formula is C6H12O3. The van der Waals surface area contributed by atoms with Crippen LogP contribution in [0.1, 0.15) is 6.42 Å². The molecule has 0 aliphatic carbocycles. The second kappa shape index (κ2) is 5.75. The molecule has 0 heterocycles. The summed E-state index contributed by atoms with van der Waals surface area (Å²) in [6, 6.07) is 0.